The highest BCUT2D eigenvalue weighted by atomic mass is 16.2. The Hall–Kier alpha value is -2.88. The molecule has 2 amide bonds. The molecule has 4 heteroatoms. The van der Waals surface area contributed by atoms with Gasteiger partial charge in [-0.3, -0.25) is 9.59 Å². The number of benzene rings is 2. The van der Waals surface area contributed by atoms with Gasteiger partial charge in [0.15, 0.2) is 0 Å². The fourth-order valence-corrected chi connectivity index (χ4v) is 2.94. The van der Waals surface area contributed by atoms with Crippen molar-refractivity contribution >= 4 is 23.6 Å². The summed E-state index contributed by atoms with van der Waals surface area (Å²) in [6.45, 7) is 2.75. The van der Waals surface area contributed by atoms with Crippen LogP contribution in [0.5, 0.6) is 0 Å². The number of nitrogens with one attached hydrogen (secondary N) is 1. The van der Waals surface area contributed by atoms with Gasteiger partial charge in [-0.25, -0.2) is 0 Å². The van der Waals surface area contributed by atoms with E-state index in [9.17, 15) is 9.59 Å². The Morgan fingerprint density at radius 2 is 1.84 bits per heavy atom. The Bertz CT molecular complexity index is 766. The molecule has 3 rings (SSSR count). The molecule has 1 saturated heterocycles. The Kier molecular flexibility index (Phi) is 5.29. The summed E-state index contributed by atoms with van der Waals surface area (Å²) >= 11 is 0. The van der Waals surface area contributed by atoms with Gasteiger partial charge in [0.2, 0.25) is 11.8 Å². The van der Waals surface area contributed by atoms with Gasteiger partial charge in [-0.2, -0.15) is 0 Å². The van der Waals surface area contributed by atoms with E-state index in [0.29, 0.717) is 6.42 Å². The molecule has 0 radical (unpaired) electrons. The van der Waals surface area contributed by atoms with Crippen LogP contribution in [-0.4, -0.2) is 18.4 Å². The number of amides is 2. The van der Waals surface area contributed by atoms with E-state index in [0.717, 1.165) is 29.8 Å². The molecule has 1 aliphatic heterocycles. The van der Waals surface area contributed by atoms with Crippen molar-refractivity contribution in [3.63, 3.8) is 0 Å². The minimum absolute atomic E-state index is 0.0399. The predicted octanol–water partition coefficient (Wildman–Crippen LogP) is 3.70. The number of anilines is 1. The highest BCUT2D eigenvalue weighted by Crippen LogP contribution is 2.21. The zero-order valence-corrected chi connectivity index (χ0v) is 14.3. The molecule has 1 N–H and O–H groups in total. The summed E-state index contributed by atoms with van der Waals surface area (Å²) in [4.78, 5) is 25.6. The van der Waals surface area contributed by atoms with Crippen LogP contribution >= 0.6 is 0 Å². The number of carbonyl (C=O) groups excluding carboxylic acids is 2. The van der Waals surface area contributed by atoms with Crippen LogP contribution in [-0.2, 0) is 9.59 Å². The van der Waals surface area contributed by atoms with Crippen LogP contribution in [0.3, 0.4) is 0 Å². The quantitative estimate of drug-likeness (QED) is 0.848. The largest absolute Gasteiger partial charge is 0.346 e. The Balaban J connectivity index is 1.58. The number of hydrogen-bond donors (Lipinski definition) is 1. The van der Waals surface area contributed by atoms with Crippen molar-refractivity contribution in [3.8, 4) is 0 Å². The lowest BCUT2D eigenvalue weighted by molar-refractivity contribution is -0.117. The first-order valence-corrected chi connectivity index (χ1v) is 8.57. The molecule has 1 heterocycles. The third kappa shape index (κ3) is 4.35. The third-order valence-electron chi connectivity index (χ3n) is 4.36. The highest BCUT2D eigenvalue weighted by Gasteiger charge is 2.21. The highest BCUT2D eigenvalue weighted by molar-refractivity contribution is 5.95. The maximum absolute atomic E-state index is 12.1. The van der Waals surface area contributed by atoms with E-state index in [1.54, 1.807) is 6.08 Å². The Labute approximate surface area is 148 Å². The SMILES string of the molecule is CC(NC(=O)/C=C/c1ccc(N2CCCC2=O)cc1)c1ccccc1. The molecule has 0 aromatic heterocycles. The molecule has 1 atom stereocenters. The zero-order valence-electron chi connectivity index (χ0n) is 14.3. The molecule has 1 unspecified atom stereocenters. The average molecular weight is 334 g/mol. The van der Waals surface area contributed by atoms with Crippen LogP contribution in [0.4, 0.5) is 5.69 Å². The molecule has 128 valence electrons. The molecule has 2 aromatic rings. The van der Waals surface area contributed by atoms with Gasteiger partial charge in [0.25, 0.3) is 0 Å². The lowest BCUT2D eigenvalue weighted by Gasteiger charge is -2.15. The van der Waals surface area contributed by atoms with E-state index >= 15 is 0 Å². The van der Waals surface area contributed by atoms with Crippen molar-refractivity contribution in [2.24, 2.45) is 0 Å². The molecule has 0 bridgehead atoms. The van der Waals surface area contributed by atoms with Gasteiger partial charge >= 0.3 is 0 Å². The molecule has 1 aliphatic rings. The molecule has 4 nitrogen and oxygen atoms in total. The summed E-state index contributed by atoms with van der Waals surface area (Å²) in [7, 11) is 0. The van der Waals surface area contributed by atoms with Crippen molar-refractivity contribution in [2.45, 2.75) is 25.8 Å². The number of hydrogen-bond acceptors (Lipinski definition) is 2. The lowest BCUT2D eigenvalue weighted by Crippen LogP contribution is -2.24. The van der Waals surface area contributed by atoms with Gasteiger partial charge in [-0.05, 0) is 42.7 Å². The second-order valence-corrected chi connectivity index (χ2v) is 6.21. The van der Waals surface area contributed by atoms with Crippen LogP contribution in [0.2, 0.25) is 0 Å². The van der Waals surface area contributed by atoms with Crippen LogP contribution in [0, 0.1) is 0 Å². The topological polar surface area (TPSA) is 49.4 Å². The Morgan fingerprint density at radius 3 is 2.48 bits per heavy atom. The second-order valence-electron chi connectivity index (χ2n) is 6.21. The summed E-state index contributed by atoms with van der Waals surface area (Å²) in [6.07, 6.45) is 4.86. The molecular weight excluding hydrogens is 312 g/mol. The summed E-state index contributed by atoms with van der Waals surface area (Å²) < 4.78 is 0. The molecule has 0 spiro atoms. The molecule has 0 saturated carbocycles. The smallest absolute Gasteiger partial charge is 0.244 e. The van der Waals surface area contributed by atoms with E-state index in [2.05, 4.69) is 5.32 Å². The first-order valence-electron chi connectivity index (χ1n) is 8.57. The minimum atomic E-state index is -0.129. The maximum atomic E-state index is 12.1. The minimum Gasteiger partial charge on any atom is -0.346 e. The van der Waals surface area contributed by atoms with Crippen molar-refractivity contribution in [1.82, 2.24) is 5.32 Å². The number of rotatable bonds is 5. The first kappa shape index (κ1) is 17.0. The average Bonchev–Trinajstić information content (AvgIpc) is 3.07. The number of nitrogens with zero attached hydrogens (tertiary/aromatic N) is 1. The van der Waals surface area contributed by atoms with E-state index in [1.807, 2.05) is 66.4 Å². The summed E-state index contributed by atoms with van der Waals surface area (Å²) in [6, 6.07) is 17.5. The standard InChI is InChI=1S/C21H22N2O2/c1-16(18-6-3-2-4-7-18)22-20(24)14-11-17-9-12-19(13-10-17)23-15-5-8-21(23)25/h2-4,6-7,9-14,16H,5,8,15H2,1H3,(H,22,24)/b14-11+. The second kappa shape index (κ2) is 7.79. The van der Waals surface area contributed by atoms with Crippen LogP contribution < -0.4 is 10.2 Å². The normalized spacial score (nSPS) is 15.6. The third-order valence-corrected chi connectivity index (χ3v) is 4.36. The van der Waals surface area contributed by atoms with Crippen molar-refractivity contribution in [3.05, 3.63) is 71.8 Å². The van der Waals surface area contributed by atoms with Crippen molar-refractivity contribution < 1.29 is 9.59 Å². The zero-order chi connectivity index (χ0) is 17.6. The fourth-order valence-electron chi connectivity index (χ4n) is 2.94. The first-order chi connectivity index (χ1) is 12.1. The van der Waals surface area contributed by atoms with E-state index < -0.39 is 0 Å². The molecule has 25 heavy (non-hydrogen) atoms. The summed E-state index contributed by atoms with van der Waals surface area (Å²) in [5, 5.41) is 2.95. The van der Waals surface area contributed by atoms with Crippen LogP contribution in [0.25, 0.3) is 6.08 Å². The number of carbonyl (C=O) groups is 2. The summed E-state index contributed by atoms with van der Waals surface area (Å²) in [5.41, 5.74) is 2.92. The lowest BCUT2D eigenvalue weighted by atomic mass is 10.1. The molecule has 2 aromatic carbocycles. The molecule has 0 aliphatic carbocycles. The van der Waals surface area contributed by atoms with E-state index in [4.69, 9.17) is 0 Å². The van der Waals surface area contributed by atoms with E-state index in [-0.39, 0.29) is 17.9 Å². The van der Waals surface area contributed by atoms with Crippen molar-refractivity contribution in [1.29, 1.82) is 0 Å². The molecular formula is C21H22N2O2. The van der Waals surface area contributed by atoms with Crippen molar-refractivity contribution in [2.75, 3.05) is 11.4 Å². The summed E-state index contributed by atoms with van der Waals surface area (Å²) in [5.74, 6) is 0.0488. The van der Waals surface area contributed by atoms with Gasteiger partial charge in [0.1, 0.15) is 0 Å². The molecule has 1 fully saturated rings. The van der Waals surface area contributed by atoms with Gasteiger partial charge < -0.3 is 10.2 Å². The Morgan fingerprint density at radius 1 is 1.12 bits per heavy atom. The van der Waals surface area contributed by atoms with E-state index in [1.165, 1.54) is 6.08 Å². The maximum Gasteiger partial charge on any atom is 0.244 e. The van der Waals surface area contributed by atoms with Gasteiger partial charge in [-0.15, -0.1) is 0 Å². The van der Waals surface area contributed by atoms with Gasteiger partial charge in [-0.1, -0.05) is 42.5 Å². The van der Waals surface area contributed by atoms with Gasteiger partial charge in [0.05, 0.1) is 6.04 Å². The monoisotopic (exact) mass is 334 g/mol. The van der Waals surface area contributed by atoms with Gasteiger partial charge in [0, 0.05) is 24.7 Å². The fraction of sp³-hybridized carbons (Fsp3) is 0.238. The van der Waals surface area contributed by atoms with Crippen LogP contribution in [0.15, 0.2) is 60.7 Å². The predicted molar refractivity (Wildman–Crippen MR) is 100 cm³/mol. The van der Waals surface area contributed by atoms with Crippen LogP contribution in [0.1, 0.15) is 36.9 Å².